The van der Waals surface area contributed by atoms with Crippen LogP contribution < -0.4 is 9.80 Å². The smallest absolute Gasteiger partial charge is 0.159 e. The summed E-state index contributed by atoms with van der Waals surface area (Å²) in [6.45, 7) is 6.02. The maximum absolute atomic E-state index is 7.16. The average Bonchev–Trinajstić information content (AvgIpc) is 1.50. The largest absolute Gasteiger partial charge is 0.453 e. The maximum Gasteiger partial charge on any atom is 0.159 e. The van der Waals surface area contributed by atoms with Crippen LogP contribution in [0.5, 0.6) is 0 Å². The van der Waals surface area contributed by atoms with Crippen molar-refractivity contribution in [2.24, 2.45) is 0 Å². The summed E-state index contributed by atoms with van der Waals surface area (Å²) in [7, 11) is 0. The first-order valence-corrected chi connectivity index (χ1v) is 33.2. The number of hydrogen-bond acceptors (Lipinski definition) is 4. The summed E-state index contributed by atoms with van der Waals surface area (Å²) in [5, 5.41) is 13.9. The van der Waals surface area contributed by atoms with Gasteiger partial charge in [-0.2, -0.15) is 0 Å². The summed E-state index contributed by atoms with van der Waals surface area (Å²) in [5.74, 6) is 0. The lowest BCUT2D eigenvalue weighted by Crippen LogP contribution is -2.10. The molecule has 0 aliphatic carbocycles. The Morgan fingerprint density at radius 1 is 0.340 bits per heavy atom. The van der Waals surface area contributed by atoms with Crippen molar-refractivity contribution in [3.05, 3.63) is 334 Å². The number of benzene rings is 14. The molecule has 20 aromatic rings. The van der Waals surface area contributed by atoms with Crippen LogP contribution in [0.15, 0.2) is 337 Å². The fourth-order valence-electron chi connectivity index (χ4n) is 16.3. The number of nitrogens with zero attached hydrogens (tertiary/aromatic N) is 4. The molecule has 0 saturated carbocycles. The zero-order chi connectivity index (χ0) is 64.0. The molecule has 0 bridgehead atoms. The SMILES string of the molecule is C=C/C=C\C(=C/C)c1cccc2c1oc1c(N(c3ccccc3)c3ccc4c(c3)c3cccc5c6c(-c7ccccc7)c7c(c(-c8ccccc8)c6n4c35)c3cccc4c5cc(N(c6ccccc6)c6cccc8c6oc6c(-c9ccccc9)cccc68)ccc5n7c43)cccc12. The van der Waals surface area contributed by atoms with E-state index >= 15 is 0 Å². The van der Waals surface area contributed by atoms with Gasteiger partial charge in [-0.05, 0) is 102 Å². The molecule has 0 fully saturated rings. The molecule has 6 heteroatoms. The van der Waals surface area contributed by atoms with Crippen molar-refractivity contribution >= 4 is 160 Å². The number of hydrogen-bond donors (Lipinski definition) is 0. The molecule has 97 heavy (non-hydrogen) atoms. The number of aromatic nitrogens is 2. The molecule has 14 aromatic carbocycles. The zero-order valence-electron chi connectivity index (χ0n) is 52.9. The summed E-state index contributed by atoms with van der Waals surface area (Å²) in [5.41, 5.74) is 25.5. The van der Waals surface area contributed by atoms with Crippen molar-refractivity contribution in [1.29, 1.82) is 0 Å². The van der Waals surface area contributed by atoms with E-state index in [1.807, 2.05) is 12.2 Å². The Hall–Kier alpha value is -12.9. The van der Waals surface area contributed by atoms with E-state index < -0.39 is 0 Å². The zero-order valence-corrected chi connectivity index (χ0v) is 52.9. The molecule has 0 saturated heterocycles. The molecular formula is C91H58N4O2. The molecule has 0 unspecified atom stereocenters. The van der Waals surface area contributed by atoms with E-state index in [0.29, 0.717) is 0 Å². The molecule has 0 amide bonds. The number of para-hydroxylation sites is 8. The highest BCUT2D eigenvalue weighted by Crippen LogP contribution is 2.56. The van der Waals surface area contributed by atoms with E-state index in [2.05, 4.69) is 342 Å². The Balaban J connectivity index is 0.840. The number of furan rings is 2. The summed E-state index contributed by atoms with van der Waals surface area (Å²) < 4.78 is 19.5. The molecule has 0 radical (unpaired) electrons. The van der Waals surface area contributed by atoms with Gasteiger partial charge >= 0.3 is 0 Å². The monoisotopic (exact) mass is 1240 g/mol. The Morgan fingerprint density at radius 3 is 1.23 bits per heavy atom. The molecular weight excluding hydrogens is 1180 g/mol. The summed E-state index contributed by atoms with van der Waals surface area (Å²) in [6, 6.07) is 108. The number of rotatable bonds is 12. The molecule has 0 aliphatic rings. The topological polar surface area (TPSA) is 41.6 Å². The third kappa shape index (κ3) is 7.90. The number of anilines is 6. The lowest BCUT2D eigenvalue weighted by atomic mass is 9.89. The van der Waals surface area contributed by atoms with Crippen molar-refractivity contribution in [1.82, 2.24) is 8.80 Å². The first-order chi connectivity index (χ1) is 48.1. The highest BCUT2D eigenvalue weighted by Gasteiger charge is 2.32. The van der Waals surface area contributed by atoms with Crippen molar-refractivity contribution in [3.8, 4) is 33.4 Å². The van der Waals surface area contributed by atoms with Gasteiger partial charge in [0.15, 0.2) is 11.2 Å². The van der Waals surface area contributed by atoms with Crippen LogP contribution in [0.25, 0.3) is 159 Å². The van der Waals surface area contributed by atoms with E-state index in [1.165, 1.54) is 76.3 Å². The molecule has 0 N–H and O–H groups in total. The van der Waals surface area contributed by atoms with Crippen molar-refractivity contribution in [3.63, 3.8) is 0 Å². The van der Waals surface area contributed by atoms with Crippen LogP contribution in [0.3, 0.4) is 0 Å². The first kappa shape index (κ1) is 54.6. The molecule has 454 valence electrons. The third-order valence-electron chi connectivity index (χ3n) is 20.3. The number of allylic oxidation sites excluding steroid dienone is 5. The van der Waals surface area contributed by atoms with E-state index in [1.54, 1.807) is 0 Å². The molecule has 6 heterocycles. The van der Waals surface area contributed by atoms with Crippen molar-refractivity contribution in [2.45, 2.75) is 6.92 Å². The molecule has 20 rings (SSSR count). The Kier molecular flexibility index (Phi) is 12.0. The Morgan fingerprint density at radius 2 is 0.742 bits per heavy atom. The minimum Gasteiger partial charge on any atom is -0.453 e. The predicted octanol–water partition coefficient (Wildman–Crippen LogP) is 25.9. The van der Waals surface area contributed by atoms with Gasteiger partial charge in [0, 0.05) is 110 Å². The van der Waals surface area contributed by atoms with Crippen LogP contribution in [0.4, 0.5) is 34.1 Å². The van der Waals surface area contributed by atoms with Crippen LogP contribution in [-0.2, 0) is 0 Å². The van der Waals surface area contributed by atoms with Gasteiger partial charge in [-0.25, -0.2) is 0 Å². The van der Waals surface area contributed by atoms with Crippen LogP contribution in [0, 0.1) is 0 Å². The minimum atomic E-state index is 0.823. The molecule has 6 aromatic heterocycles. The van der Waals surface area contributed by atoms with Gasteiger partial charge < -0.3 is 27.4 Å². The summed E-state index contributed by atoms with van der Waals surface area (Å²) in [6.07, 6.45) is 8.02. The highest BCUT2D eigenvalue weighted by atomic mass is 16.3. The lowest BCUT2D eigenvalue weighted by molar-refractivity contribution is 0.668. The highest BCUT2D eigenvalue weighted by molar-refractivity contribution is 6.38. The number of fused-ring (bicyclic) bond motifs is 18. The first-order valence-electron chi connectivity index (χ1n) is 33.2. The minimum absolute atomic E-state index is 0.823. The second kappa shape index (κ2) is 21.3. The van der Waals surface area contributed by atoms with Crippen LogP contribution in [0.1, 0.15) is 12.5 Å². The normalized spacial score (nSPS) is 12.4. The van der Waals surface area contributed by atoms with Gasteiger partial charge in [0.25, 0.3) is 0 Å². The van der Waals surface area contributed by atoms with Gasteiger partial charge in [-0.15, -0.1) is 0 Å². The summed E-state index contributed by atoms with van der Waals surface area (Å²) >= 11 is 0. The fourth-order valence-corrected chi connectivity index (χ4v) is 16.3. The van der Waals surface area contributed by atoms with Crippen molar-refractivity contribution in [2.75, 3.05) is 9.80 Å². The fraction of sp³-hybridized carbons (Fsp3) is 0.0110. The van der Waals surface area contributed by atoms with Gasteiger partial charge in [0.1, 0.15) is 11.2 Å². The maximum atomic E-state index is 7.16. The van der Waals surface area contributed by atoms with E-state index in [4.69, 9.17) is 8.83 Å². The van der Waals surface area contributed by atoms with Gasteiger partial charge in [-0.3, -0.25) is 0 Å². The summed E-state index contributed by atoms with van der Waals surface area (Å²) in [4.78, 5) is 4.74. The molecule has 0 spiro atoms. The Labute approximate surface area is 557 Å². The average molecular weight is 1240 g/mol. The lowest BCUT2D eigenvalue weighted by Gasteiger charge is -2.25. The van der Waals surface area contributed by atoms with Crippen LogP contribution in [0.2, 0.25) is 0 Å². The Bertz CT molecular complexity index is 6630. The van der Waals surface area contributed by atoms with E-state index in [9.17, 15) is 0 Å². The quantitative estimate of drug-likeness (QED) is 0.114. The van der Waals surface area contributed by atoms with Crippen LogP contribution >= 0.6 is 0 Å². The third-order valence-corrected chi connectivity index (χ3v) is 20.3. The second-order valence-corrected chi connectivity index (χ2v) is 25.3. The molecule has 0 aliphatic heterocycles. The van der Waals surface area contributed by atoms with Crippen LogP contribution in [-0.4, -0.2) is 8.80 Å². The second-order valence-electron chi connectivity index (χ2n) is 25.3. The molecule has 6 nitrogen and oxygen atoms in total. The van der Waals surface area contributed by atoms with Gasteiger partial charge in [0.05, 0.1) is 44.5 Å². The van der Waals surface area contributed by atoms with Crippen molar-refractivity contribution < 1.29 is 8.83 Å². The predicted molar refractivity (Wildman–Crippen MR) is 409 cm³/mol. The standard InChI is InChI=1S/C91H58N4O2/c1-3-5-27-56(4-2)64-38-21-42-68-70-44-25-48-78(90(70)96-88(64)68)92(60-34-17-9-18-35-60)62-50-52-76-74(54-62)66-40-23-46-72-82-81(59-32-15-8-16-33-59)87-83(80(58-30-13-7-14-31-58)86(82)94(76)84(66)72)73-47-24-41-67-75-55-63(51-53-77(75)95(87)85(67)73)93(61-36-19-10-20-37-61)79-49-26-45-71-69-43-22-39-65(89(69)97-91(71)79)57-28-11-6-12-29-57/h3-55H,1H2,2H3/b27-5-,56-4+. The van der Waals surface area contributed by atoms with Gasteiger partial charge in [0.2, 0.25) is 0 Å². The molecule has 0 atom stereocenters. The van der Waals surface area contributed by atoms with E-state index in [0.717, 1.165) is 122 Å². The van der Waals surface area contributed by atoms with E-state index in [-0.39, 0.29) is 0 Å². The van der Waals surface area contributed by atoms with Gasteiger partial charge in [-0.1, -0.05) is 255 Å².